The van der Waals surface area contributed by atoms with E-state index in [4.69, 9.17) is 9.47 Å². The van der Waals surface area contributed by atoms with Crippen molar-refractivity contribution in [1.29, 1.82) is 0 Å². The zero-order chi connectivity index (χ0) is 23.7. The summed E-state index contributed by atoms with van der Waals surface area (Å²) in [6.07, 6.45) is 17.5. The minimum absolute atomic E-state index is 0.0369. The van der Waals surface area contributed by atoms with Gasteiger partial charge in [-0.25, -0.2) is 0 Å². The van der Waals surface area contributed by atoms with Gasteiger partial charge < -0.3 is 9.47 Å². The fourth-order valence-electron chi connectivity index (χ4n) is 7.97. The summed E-state index contributed by atoms with van der Waals surface area (Å²) in [7, 11) is 0. The van der Waals surface area contributed by atoms with E-state index < -0.39 is 0 Å². The third kappa shape index (κ3) is 3.03. The summed E-state index contributed by atoms with van der Waals surface area (Å²) in [5, 5.41) is 0. The molecule has 3 aromatic carbocycles. The van der Waals surface area contributed by atoms with E-state index in [0.29, 0.717) is 0 Å². The van der Waals surface area contributed by atoms with Gasteiger partial charge in [0, 0.05) is 5.41 Å². The van der Waals surface area contributed by atoms with Crippen molar-refractivity contribution in [2.45, 2.75) is 37.5 Å². The largest absolute Gasteiger partial charge is 0.458 e. The fraction of sp³-hybridized carbons (Fsp3) is 0.294. The molecule has 5 aliphatic rings. The predicted octanol–water partition coefficient (Wildman–Crippen LogP) is 8.59. The second-order valence-electron chi connectivity index (χ2n) is 11.3. The van der Waals surface area contributed by atoms with Crippen LogP contribution in [-0.2, 0) is 5.41 Å². The monoisotopic (exact) mass is 470 g/mol. The van der Waals surface area contributed by atoms with Crippen LogP contribution in [0, 0.1) is 23.7 Å². The molecule has 4 atom stereocenters. The van der Waals surface area contributed by atoms with Gasteiger partial charge in [0.25, 0.3) is 0 Å². The van der Waals surface area contributed by atoms with E-state index in [1.165, 1.54) is 41.5 Å². The minimum Gasteiger partial charge on any atom is -0.458 e. The highest BCUT2D eigenvalue weighted by atomic mass is 16.5. The molecule has 1 spiro atoms. The molecular weight excluding hydrogens is 440 g/mol. The number of para-hydroxylation sites is 1. The van der Waals surface area contributed by atoms with Crippen LogP contribution in [-0.4, -0.2) is 0 Å². The van der Waals surface area contributed by atoms with Crippen LogP contribution in [0.5, 0.6) is 17.2 Å². The smallest absolute Gasteiger partial charge is 0.127 e. The Morgan fingerprint density at radius 2 is 1.33 bits per heavy atom. The minimum atomic E-state index is 0.0369. The Morgan fingerprint density at radius 1 is 0.667 bits per heavy atom. The molecule has 0 saturated heterocycles. The number of hydrogen-bond acceptors (Lipinski definition) is 2. The molecule has 2 nitrogen and oxygen atoms in total. The lowest BCUT2D eigenvalue weighted by molar-refractivity contribution is 0.364. The first-order valence-electron chi connectivity index (χ1n) is 13.5. The molecular formula is C34H30O2. The van der Waals surface area contributed by atoms with Crippen LogP contribution in [0.15, 0.2) is 103 Å². The first kappa shape index (κ1) is 20.7. The van der Waals surface area contributed by atoms with Crippen molar-refractivity contribution in [3.8, 4) is 28.4 Å². The van der Waals surface area contributed by atoms with Crippen molar-refractivity contribution < 1.29 is 9.47 Å². The Morgan fingerprint density at radius 3 is 1.97 bits per heavy atom. The molecule has 0 aliphatic heterocycles. The van der Waals surface area contributed by atoms with Crippen LogP contribution in [0.3, 0.4) is 0 Å². The quantitative estimate of drug-likeness (QED) is 0.356. The molecule has 2 heteroatoms. The molecule has 0 N–H and O–H groups in total. The maximum absolute atomic E-state index is 6.37. The summed E-state index contributed by atoms with van der Waals surface area (Å²) in [6.45, 7) is 0. The highest BCUT2D eigenvalue weighted by Gasteiger charge is 2.58. The van der Waals surface area contributed by atoms with E-state index in [0.717, 1.165) is 59.5 Å². The summed E-state index contributed by atoms with van der Waals surface area (Å²) in [5.74, 6) is 6.82. The highest BCUT2D eigenvalue weighted by molar-refractivity contribution is 5.83. The number of benzene rings is 3. The second kappa shape index (κ2) is 7.74. The highest BCUT2D eigenvalue weighted by Crippen LogP contribution is 2.67. The maximum Gasteiger partial charge on any atom is 0.127 e. The van der Waals surface area contributed by atoms with Gasteiger partial charge in [0.15, 0.2) is 0 Å². The van der Waals surface area contributed by atoms with Gasteiger partial charge in [0.1, 0.15) is 23.0 Å². The van der Waals surface area contributed by atoms with Gasteiger partial charge in [-0.3, -0.25) is 0 Å². The third-order valence-corrected chi connectivity index (χ3v) is 9.45. The van der Waals surface area contributed by atoms with Crippen molar-refractivity contribution in [3.05, 3.63) is 114 Å². The lowest BCUT2D eigenvalue weighted by Gasteiger charge is -2.29. The van der Waals surface area contributed by atoms with Crippen molar-refractivity contribution in [3.63, 3.8) is 0 Å². The number of rotatable bonds is 4. The van der Waals surface area contributed by atoms with Crippen LogP contribution in [0.25, 0.3) is 11.1 Å². The molecule has 5 aliphatic carbocycles. The standard InChI is InChI=1S/C34H30O2/c1-3-7-24(8-4-1)35-26-13-15-28-29-16-14-27(36-25-9-5-2-6-10-25)19-33(29)34(32(28)18-26)20-30-22-11-12-23(17-22)31(30)21-34/h1,3-5,7-16,18-19,22-23,30-31H,2,6,17,20-21H2. The fourth-order valence-corrected chi connectivity index (χ4v) is 7.97. The van der Waals surface area contributed by atoms with Gasteiger partial charge in [0.2, 0.25) is 0 Å². The molecule has 178 valence electrons. The van der Waals surface area contributed by atoms with E-state index in [9.17, 15) is 0 Å². The van der Waals surface area contributed by atoms with Crippen LogP contribution in [0.1, 0.15) is 43.2 Å². The Bertz CT molecular complexity index is 1420. The molecule has 0 amide bonds. The van der Waals surface area contributed by atoms with Crippen LogP contribution < -0.4 is 9.47 Å². The zero-order valence-corrected chi connectivity index (χ0v) is 20.4. The molecule has 4 unspecified atom stereocenters. The summed E-state index contributed by atoms with van der Waals surface area (Å²) >= 11 is 0. The third-order valence-electron chi connectivity index (χ3n) is 9.45. The van der Waals surface area contributed by atoms with Gasteiger partial charge in [-0.1, -0.05) is 48.6 Å². The summed E-state index contributed by atoms with van der Waals surface area (Å²) in [4.78, 5) is 0. The molecule has 3 aromatic rings. The summed E-state index contributed by atoms with van der Waals surface area (Å²) < 4.78 is 12.7. The molecule has 0 aromatic heterocycles. The van der Waals surface area contributed by atoms with Crippen molar-refractivity contribution in [1.82, 2.24) is 0 Å². The van der Waals surface area contributed by atoms with Crippen molar-refractivity contribution >= 4 is 0 Å². The van der Waals surface area contributed by atoms with E-state index in [1.54, 1.807) is 0 Å². The Labute approximate surface area is 213 Å². The molecule has 2 fully saturated rings. The van der Waals surface area contributed by atoms with Crippen molar-refractivity contribution in [2.75, 3.05) is 0 Å². The molecule has 8 rings (SSSR count). The second-order valence-corrected chi connectivity index (χ2v) is 11.3. The van der Waals surface area contributed by atoms with Gasteiger partial charge in [0.05, 0.1) is 0 Å². The molecule has 2 saturated carbocycles. The van der Waals surface area contributed by atoms with E-state index >= 15 is 0 Å². The van der Waals surface area contributed by atoms with Crippen LogP contribution >= 0.6 is 0 Å². The average Bonchev–Trinajstić information content (AvgIpc) is 3.67. The van der Waals surface area contributed by atoms with E-state index in [-0.39, 0.29) is 5.41 Å². The van der Waals surface area contributed by atoms with Gasteiger partial charge in [-0.2, -0.15) is 0 Å². The number of hydrogen-bond donors (Lipinski definition) is 0. The lowest BCUT2D eigenvalue weighted by Crippen LogP contribution is -2.23. The Hall–Kier alpha value is -3.52. The maximum atomic E-state index is 6.37. The van der Waals surface area contributed by atoms with Gasteiger partial charge in [-0.15, -0.1) is 0 Å². The number of fused-ring (bicyclic) bond motifs is 10. The van der Waals surface area contributed by atoms with Crippen LogP contribution in [0.2, 0.25) is 0 Å². The first-order chi connectivity index (χ1) is 17.8. The summed E-state index contributed by atoms with van der Waals surface area (Å²) in [5.41, 5.74) is 5.69. The zero-order valence-electron chi connectivity index (χ0n) is 20.4. The summed E-state index contributed by atoms with van der Waals surface area (Å²) in [6, 6.07) is 23.7. The molecule has 0 heterocycles. The van der Waals surface area contributed by atoms with Crippen LogP contribution in [0.4, 0.5) is 0 Å². The first-order valence-corrected chi connectivity index (χ1v) is 13.5. The topological polar surface area (TPSA) is 18.5 Å². The Balaban J connectivity index is 1.23. The number of ether oxygens (including phenoxy) is 2. The van der Waals surface area contributed by atoms with E-state index in [2.05, 4.69) is 66.8 Å². The average molecular weight is 471 g/mol. The predicted molar refractivity (Wildman–Crippen MR) is 143 cm³/mol. The Kier molecular flexibility index (Phi) is 4.44. The molecule has 36 heavy (non-hydrogen) atoms. The molecule has 0 radical (unpaired) electrons. The van der Waals surface area contributed by atoms with Gasteiger partial charge in [-0.05, 0) is 127 Å². The molecule has 2 bridgehead atoms. The normalized spacial score (nSPS) is 30.3. The lowest BCUT2D eigenvalue weighted by atomic mass is 9.74. The van der Waals surface area contributed by atoms with Crippen molar-refractivity contribution in [2.24, 2.45) is 23.7 Å². The van der Waals surface area contributed by atoms with E-state index in [1.807, 2.05) is 30.3 Å². The number of allylic oxidation sites excluding steroid dienone is 5. The van der Waals surface area contributed by atoms with Gasteiger partial charge >= 0.3 is 0 Å². The SMILES string of the molecule is C1=CC(Oc2ccc3c(c2)C2(CC4C5C=CC(C5)C4C2)c2cc(Oc4ccccc4)ccc2-3)=CCC1.